The molecule has 6 heteroatoms. The molecule has 1 fully saturated rings. The van der Waals surface area contributed by atoms with Gasteiger partial charge in [0, 0.05) is 25.6 Å². The summed E-state index contributed by atoms with van der Waals surface area (Å²) in [7, 11) is 3.22. The molecular weight excluding hydrogens is 276 g/mol. The van der Waals surface area contributed by atoms with Crippen LogP contribution in [0.1, 0.15) is 17.4 Å². The number of para-hydroxylation sites is 1. The molecule has 108 valence electrons. The quantitative estimate of drug-likeness (QED) is 0.892. The van der Waals surface area contributed by atoms with Crippen LogP contribution in [-0.4, -0.2) is 43.2 Å². The van der Waals surface area contributed by atoms with E-state index in [4.69, 9.17) is 4.74 Å². The van der Waals surface area contributed by atoms with Crippen LogP contribution in [0.5, 0.6) is 5.75 Å². The number of carbonyl (C=O) groups is 2. The number of carbonyl (C=O) groups excluding carboxylic acids is 2. The maximum atomic E-state index is 12.0. The Bertz CT molecular complexity index is 507. The summed E-state index contributed by atoms with van der Waals surface area (Å²) in [5, 5.41) is 2.49. The van der Waals surface area contributed by atoms with Crippen molar-refractivity contribution >= 4 is 23.6 Å². The van der Waals surface area contributed by atoms with Crippen LogP contribution in [0.25, 0.3) is 0 Å². The van der Waals surface area contributed by atoms with Gasteiger partial charge in [-0.1, -0.05) is 18.2 Å². The highest BCUT2D eigenvalue weighted by Crippen LogP contribution is 2.42. The Morgan fingerprint density at radius 2 is 2.25 bits per heavy atom. The van der Waals surface area contributed by atoms with Gasteiger partial charge in [0.05, 0.1) is 12.9 Å². The molecule has 1 aliphatic heterocycles. The first-order valence-electron chi connectivity index (χ1n) is 6.42. The van der Waals surface area contributed by atoms with Crippen LogP contribution < -0.4 is 10.1 Å². The monoisotopic (exact) mass is 294 g/mol. The number of benzene rings is 1. The molecular formula is C14H18N2O3S. The number of thioether (sulfide) groups is 1. The smallest absolute Gasteiger partial charge is 0.233 e. The first-order chi connectivity index (χ1) is 9.67. The molecule has 2 amide bonds. The number of nitrogens with one attached hydrogen (secondary N) is 1. The lowest BCUT2D eigenvalue weighted by atomic mass is 10.1. The van der Waals surface area contributed by atoms with Crippen LogP contribution in [0, 0.1) is 0 Å². The fourth-order valence-electron chi connectivity index (χ4n) is 2.17. The van der Waals surface area contributed by atoms with Crippen molar-refractivity contribution < 1.29 is 14.3 Å². The fraction of sp³-hybridized carbons (Fsp3) is 0.429. The summed E-state index contributed by atoms with van der Waals surface area (Å²) >= 11 is 1.57. The average Bonchev–Trinajstić information content (AvgIpc) is 2.85. The lowest BCUT2D eigenvalue weighted by Gasteiger charge is -2.25. The van der Waals surface area contributed by atoms with Crippen molar-refractivity contribution in [2.45, 2.75) is 11.8 Å². The molecule has 1 aromatic rings. The van der Waals surface area contributed by atoms with Crippen LogP contribution in [0.15, 0.2) is 24.3 Å². The Labute approximate surface area is 122 Å². The maximum absolute atomic E-state index is 12.0. The minimum Gasteiger partial charge on any atom is -0.496 e. The number of methoxy groups -OCH3 is 1. The molecule has 20 heavy (non-hydrogen) atoms. The third kappa shape index (κ3) is 3.07. The molecule has 1 heterocycles. The van der Waals surface area contributed by atoms with Gasteiger partial charge in [0.2, 0.25) is 11.8 Å². The molecule has 1 unspecified atom stereocenters. The van der Waals surface area contributed by atoms with E-state index in [0.717, 1.165) is 11.3 Å². The summed E-state index contributed by atoms with van der Waals surface area (Å²) in [6, 6.07) is 7.67. The van der Waals surface area contributed by atoms with E-state index in [1.165, 1.54) is 0 Å². The highest BCUT2D eigenvalue weighted by Gasteiger charge is 2.34. The predicted octanol–water partition coefficient (Wildman–Crippen LogP) is 1.41. The standard InChI is InChI=1S/C14H18N2O3S/c1-15-12(17)7-8-16-13(18)9-20-14(16)10-5-3-4-6-11(10)19-2/h3-6,14H,7-9H2,1-2H3,(H,15,17). The van der Waals surface area contributed by atoms with Crippen LogP contribution >= 0.6 is 11.8 Å². The third-order valence-electron chi connectivity index (χ3n) is 3.23. The predicted molar refractivity (Wildman–Crippen MR) is 78.6 cm³/mol. The number of ether oxygens (including phenoxy) is 1. The van der Waals surface area contributed by atoms with Crippen molar-refractivity contribution in [3.63, 3.8) is 0 Å². The second-order valence-electron chi connectivity index (χ2n) is 4.42. The molecule has 1 aromatic carbocycles. The zero-order valence-electron chi connectivity index (χ0n) is 11.6. The van der Waals surface area contributed by atoms with Crippen molar-refractivity contribution in [2.75, 3.05) is 26.5 Å². The highest BCUT2D eigenvalue weighted by atomic mass is 32.2. The number of nitrogens with zero attached hydrogens (tertiary/aromatic N) is 1. The Morgan fingerprint density at radius 1 is 1.50 bits per heavy atom. The highest BCUT2D eigenvalue weighted by molar-refractivity contribution is 8.00. The Balaban J connectivity index is 2.17. The van der Waals surface area contributed by atoms with E-state index >= 15 is 0 Å². The van der Waals surface area contributed by atoms with Crippen molar-refractivity contribution in [1.29, 1.82) is 0 Å². The first kappa shape index (κ1) is 14.7. The van der Waals surface area contributed by atoms with Gasteiger partial charge in [-0.05, 0) is 6.07 Å². The van der Waals surface area contributed by atoms with E-state index in [2.05, 4.69) is 5.32 Å². The summed E-state index contributed by atoms with van der Waals surface area (Å²) in [5.74, 6) is 1.21. The summed E-state index contributed by atoms with van der Waals surface area (Å²) in [6.45, 7) is 0.425. The minimum atomic E-state index is -0.0803. The van der Waals surface area contributed by atoms with Gasteiger partial charge in [0.25, 0.3) is 0 Å². The van der Waals surface area contributed by atoms with E-state index in [1.54, 1.807) is 30.8 Å². The summed E-state index contributed by atoms with van der Waals surface area (Å²) < 4.78 is 5.36. The zero-order valence-corrected chi connectivity index (χ0v) is 12.4. The molecule has 0 aromatic heterocycles. The van der Waals surface area contributed by atoms with Gasteiger partial charge in [0.1, 0.15) is 11.1 Å². The molecule has 0 bridgehead atoms. The van der Waals surface area contributed by atoms with Gasteiger partial charge in [-0.2, -0.15) is 0 Å². The second kappa shape index (κ2) is 6.65. The SMILES string of the molecule is CNC(=O)CCN1C(=O)CSC1c1ccccc1OC. The molecule has 0 spiro atoms. The maximum Gasteiger partial charge on any atom is 0.233 e. The normalized spacial score (nSPS) is 18.2. The Hall–Kier alpha value is -1.69. The van der Waals surface area contributed by atoms with Gasteiger partial charge >= 0.3 is 0 Å². The van der Waals surface area contributed by atoms with Gasteiger partial charge in [-0.3, -0.25) is 9.59 Å². The van der Waals surface area contributed by atoms with E-state index in [-0.39, 0.29) is 17.2 Å². The lowest BCUT2D eigenvalue weighted by molar-refractivity contribution is -0.129. The van der Waals surface area contributed by atoms with Crippen molar-refractivity contribution in [3.8, 4) is 5.75 Å². The molecule has 1 N–H and O–H groups in total. The summed E-state index contributed by atoms with van der Waals surface area (Å²) in [6.07, 6.45) is 0.314. The van der Waals surface area contributed by atoms with Crippen molar-refractivity contribution in [2.24, 2.45) is 0 Å². The second-order valence-corrected chi connectivity index (χ2v) is 5.48. The molecule has 0 radical (unpaired) electrons. The largest absolute Gasteiger partial charge is 0.496 e. The van der Waals surface area contributed by atoms with Crippen molar-refractivity contribution in [1.82, 2.24) is 10.2 Å². The summed E-state index contributed by atoms with van der Waals surface area (Å²) in [5.41, 5.74) is 0.975. The van der Waals surface area contributed by atoms with E-state index in [9.17, 15) is 9.59 Å². The van der Waals surface area contributed by atoms with Crippen LogP contribution in [0.3, 0.4) is 0 Å². The van der Waals surface area contributed by atoms with Gasteiger partial charge < -0.3 is 15.0 Å². The molecule has 1 saturated heterocycles. The average molecular weight is 294 g/mol. The molecule has 2 rings (SSSR count). The van der Waals surface area contributed by atoms with Gasteiger partial charge in [-0.25, -0.2) is 0 Å². The molecule has 5 nitrogen and oxygen atoms in total. The van der Waals surface area contributed by atoms with Crippen LogP contribution in [0.4, 0.5) is 0 Å². The van der Waals surface area contributed by atoms with Crippen LogP contribution in [-0.2, 0) is 9.59 Å². The topological polar surface area (TPSA) is 58.6 Å². The zero-order chi connectivity index (χ0) is 14.5. The number of hydrogen-bond acceptors (Lipinski definition) is 4. The van der Waals surface area contributed by atoms with Crippen LogP contribution in [0.2, 0.25) is 0 Å². The van der Waals surface area contributed by atoms with Gasteiger partial charge in [0.15, 0.2) is 0 Å². The van der Waals surface area contributed by atoms with E-state index in [0.29, 0.717) is 18.7 Å². The fourth-order valence-corrected chi connectivity index (χ4v) is 3.41. The Morgan fingerprint density at radius 3 is 2.95 bits per heavy atom. The Kier molecular flexibility index (Phi) is 4.89. The van der Waals surface area contributed by atoms with Gasteiger partial charge in [-0.15, -0.1) is 11.8 Å². The minimum absolute atomic E-state index is 0.0616. The lowest BCUT2D eigenvalue weighted by Crippen LogP contribution is -2.32. The number of hydrogen-bond donors (Lipinski definition) is 1. The summed E-state index contributed by atoms with van der Waals surface area (Å²) in [4.78, 5) is 25.1. The van der Waals surface area contributed by atoms with E-state index < -0.39 is 0 Å². The first-order valence-corrected chi connectivity index (χ1v) is 7.46. The molecule has 0 aliphatic carbocycles. The molecule has 0 saturated carbocycles. The molecule has 1 aliphatic rings. The van der Waals surface area contributed by atoms with E-state index in [1.807, 2.05) is 24.3 Å². The van der Waals surface area contributed by atoms with Crippen molar-refractivity contribution in [3.05, 3.63) is 29.8 Å². The number of rotatable bonds is 5. The molecule has 1 atom stereocenters. The third-order valence-corrected chi connectivity index (χ3v) is 4.47. The number of amides is 2.